The molecule has 0 aliphatic carbocycles. The van der Waals surface area contributed by atoms with Gasteiger partial charge in [-0.25, -0.2) is 0 Å². The zero-order valence-electron chi connectivity index (χ0n) is 49.9. The van der Waals surface area contributed by atoms with Crippen molar-refractivity contribution in [2.24, 2.45) is 0 Å². The zero-order valence-corrected chi connectivity index (χ0v) is 49.9. The third kappa shape index (κ3) is 58.8. The molecule has 0 N–H and O–H groups in total. The van der Waals surface area contributed by atoms with Crippen LogP contribution in [0.2, 0.25) is 0 Å². The molecule has 0 spiro atoms. The fraction of sp³-hybridized carbons (Fsp3) is 0.833. The highest BCUT2D eigenvalue weighted by atomic mass is 16.7. The van der Waals surface area contributed by atoms with Crippen molar-refractivity contribution in [1.82, 2.24) is 0 Å². The number of likely N-dealkylation sites (N-methyl/N-ethyl adjacent to an activating group) is 1. The predicted octanol–water partition coefficient (Wildman–Crippen LogP) is 17.7. The number of carboxylic acid groups (broad SMARTS) is 1. The van der Waals surface area contributed by atoms with Crippen LogP contribution < -0.4 is 5.11 Å². The van der Waals surface area contributed by atoms with Crippen LogP contribution in [0.3, 0.4) is 0 Å². The first kappa shape index (κ1) is 72.2. The van der Waals surface area contributed by atoms with Crippen molar-refractivity contribution in [2.45, 2.75) is 309 Å². The van der Waals surface area contributed by atoms with Crippen LogP contribution in [-0.4, -0.2) is 82.3 Å². The Kier molecular flexibility index (Phi) is 55.3. The fourth-order valence-electron chi connectivity index (χ4n) is 9.24. The maximum atomic E-state index is 12.9. The number of carbonyl (C=O) groups excluding carboxylic acids is 3. The van der Waals surface area contributed by atoms with E-state index >= 15 is 0 Å². The molecule has 0 aromatic heterocycles. The number of allylic oxidation sites excluding steroid dienone is 8. The van der Waals surface area contributed by atoms with E-state index in [1.165, 1.54) is 205 Å². The number of hydrogen-bond donors (Lipinski definition) is 0. The van der Waals surface area contributed by atoms with Gasteiger partial charge in [-0.1, -0.05) is 281 Å². The number of carboxylic acids is 1. The van der Waals surface area contributed by atoms with Crippen molar-refractivity contribution in [3.05, 3.63) is 48.6 Å². The van der Waals surface area contributed by atoms with E-state index in [0.717, 1.165) is 64.2 Å². The van der Waals surface area contributed by atoms with Crippen molar-refractivity contribution < 1.29 is 42.9 Å². The lowest BCUT2D eigenvalue weighted by atomic mass is 10.0. The van der Waals surface area contributed by atoms with Gasteiger partial charge in [0.25, 0.3) is 0 Å². The van der Waals surface area contributed by atoms with Crippen molar-refractivity contribution in [3.63, 3.8) is 0 Å². The van der Waals surface area contributed by atoms with E-state index in [-0.39, 0.29) is 32.2 Å². The number of esters is 2. The minimum atomic E-state index is -1.62. The Bertz CT molecular complexity index is 1370. The predicted molar refractivity (Wildman–Crippen MR) is 315 cm³/mol. The summed E-state index contributed by atoms with van der Waals surface area (Å²) in [5.74, 6) is -2.26. The third-order valence-corrected chi connectivity index (χ3v) is 14.1. The lowest BCUT2D eigenvalue weighted by Crippen LogP contribution is -2.44. The molecule has 0 saturated heterocycles. The molecule has 0 aromatic carbocycles. The average Bonchev–Trinajstić information content (AvgIpc) is 3.38. The van der Waals surface area contributed by atoms with Crippen LogP contribution in [0.25, 0.3) is 0 Å². The molecule has 0 aliphatic heterocycles. The van der Waals surface area contributed by atoms with Crippen LogP contribution in [0.15, 0.2) is 48.6 Å². The normalized spacial score (nSPS) is 13.0. The second-order valence-corrected chi connectivity index (χ2v) is 22.7. The minimum absolute atomic E-state index is 0.150. The molecule has 2 unspecified atom stereocenters. The molecular weight excluding hydrogens is 935 g/mol. The van der Waals surface area contributed by atoms with Crippen LogP contribution in [0, 0.1) is 0 Å². The van der Waals surface area contributed by atoms with Gasteiger partial charge in [-0.3, -0.25) is 9.59 Å². The van der Waals surface area contributed by atoms with E-state index in [4.69, 9.17) is 18.9 Å². The molecule has 2 atom stereocenters. The summed E-state index contributed by atoms with van der Waals surface area (Å²) in [6, 6.07) is 0. The first-order chi connectivity index (χ1) is 36.6. The lowest BCUT2D eigenvalue weighted by molar-refractivity contribution is -0.870. The molecule has 0 fully saturated rings. The second kappa shape index (κ2) is 57.4. The van der Waals surface area contributed by atoms with Gasteiger partial charge in [-0.2, -0.15) is 0 Å². The highest BCUT2D eigenvalue weighted by Crippen LogP contribution is 2.18. The van der Waals surface area contributed by atoms with Crippen LogP contribution >= 0.6 is 0 Å². The molecule has 0 radical (unpaired) electrons. The molecule has 0 heterocycles. The Morgan fingerprint density at radius 1 is 0.413 bits per heavy atom. The number of quaternary nitrogens is 1. The average molecular weight is 1060 g/mol. The van der Waals surface area contributed by atoms with Crippen LogP contribution in [0.4, 0.5) is 0 Å². The number of unbranched alkanes of at least 4 members (excludes halogenated alkanes) is 36. The maximum Gasteiger partial charge on any atom is 0.306 e. The number of carbonyl (C=O) groups is 3. The third-order valence-electron chi connectivity index (χ3n) is 14.1. The Morgan fingerprint density at radius 3 is 1.13 bits per heavy atom. The largest absolute Gasteiger partial charge is 0.545 e. The van der Waals surface area contributed by atoms with E-state index < -0.39 is 24.3 Å². The van der Waals surface area contributed by atoms with Crippen molar-refractivity contribution in [1.29, 1.82) is 0 Å². The minimum Gasteiger partial charge on any atom is -0.545 e. The number of aliphatic carboxylic acids is 1. The van der Waals surface area contributed by atoms with Gasteiger partial charge in [-0.15, -0.1) is 0 Å². The highest BCUT2D eigenvalue weighted by Gasteiger charge is 2.22. The first-order valence-electron chi connectivity index (χ1n) is 31.8. The van der Waals surface area contributed by atoms with Crippen LogP contribution in [0.1, 0.15) is 296 Å². The zero-order chi connectivity index (χ0) is 54.8. The molecule has 0 bridgehead atoms. The molecule has 9 heteroatoms. The Hall–Kier alpha value is -2.75. The molecule has 0 amide bonds. The van der Waals surface area contributed by atoms with Gasteiger partial charge in [0, 0.05) is 12.8 Å². The molecule has 0 rings (SSSR count). The SMILES string of the molecule is CC/C=C\C/C=C\C/C=C\C/C=C\CCCCCCCCCCCCCCCCCCCCCCC(=O)OC(COC(=O)CCCCCCCCCCCCCCCCCCC)COC(OCC[N+](C)(C)C)C(=O)[O-]. The summed E-state index contributed by atoms with van der Waals surface area (Å²) in [4.78, 5) is 37.3. The van der Waals surface area contributed by atoms with Crippen LogP contribution in [0.5, 0.6) is 0 Å². The molecule has 0 aliphatic rings. The number of hydrogen-bond acceptors (Lipinski definition) is 8. The molecule has 0 saturated carbocycles. The van der Waals surface area contributed by atoms with Gasteiger partial charge < -0.3 is 33.3 Å². The summed E-state index contributed by atoms with van der Waals surface area (Å²) >= 11 is 0. The molecular formula is C66H121NO8. The van der Waals surface area contributed by atoms with Gasteiger partial charge in [-0.05, 0) is 51.4 Å². The van der Waals surface area contributed by atoms with Crippen molar-refractivity contribution in [3.8, 4) is 0 Å². The summed E-state index contributed by atoms with van der Waals surface area (Å²) in [6.45, 7) is 4.68. The van der Waals surface area contributed by atoms with E-state index in [1.54, 1.807) is 0 Å². The fourth-order valence-corrected chi connectivity index (χ4v) is 9.24. The summed E-state index contributed by atoms with van der Waals surface area (Å²) in [5.41, 5.74) is 0. The standard InChI is InChI=1S/C66H121NO8/c1-6-8-10-12-14-16-18-20-22-24-25-26-27-28-29-30-31-32-33-34-35-36-37-38-39-41-43-45-47-49-51-53-55-57-64(69)75-62(61-74-66(65(70)71)72-59-58-67(3,4)5)60-73-63(68)56-54-52-50-48-46-44-42-40-23-21-19-17-15-13-11-9-7-2/h8,10,14,16,20,22,25-26,62,66H,6-7,9,11-13,15,17-19,21,23-24,27-61H2,1-5H3/b10-8-,16-14-,22-20-,26-25-. The maximum absolute atomic E-state index is 12.9. The Labute approximate surface area is 463 Å². The quantitative estimate of drug-likeness (QED) is 0.0195. The van der Waals surface area contributed by atoms with E-state index in [0.29, 0.717) is 17.4 Å². The number of ether oxygens (including phenoxy) is 4. The van der Waals surface area contributed by atoms with Crippen molar-refractivity contribution in [2.75, 3.05) is 47.5 Å². The summed E-state index contributed by atoms with van der Waals surface area (Å²) in [5, 5.41) is 11.8. The topological polar surface area (TPSA) is 111 Å². The Balaban J connectivity index is 4.07. The van der Waals surface area contributed by atoms with Crippen LogP contribution in [-0.2, 0) is 33.3 Å². The molecule has 75 heavy (non-hydrogen) atoms. The monoisotopic (exact) mass is 1060 g/mol. The van der Waals surface area contributed by atoms with Gasteiger partial charge in [0.15, 0.2) is 12.4 Å². The smallest absolute Gasteiger partial charge is 0.306 e. The van der Waals surface area contributed by atoms with Gasteiger partial charge in [0.1, 0.15) is 13.2 Å². The highest BCUT2D eigenvalue weighted by molar-refractivity contribution is 5.70. The molecule has 9 nitrogen and oxygen atoms in total. The van der Waals surface area contributed by atoms with Crippen molar-refractivity contribution >= 4 is 17.9 Å². The second-order valence-electron chi connectivity index (χ2n) is 22.7. The first-order valence-corrected chi connectivity index (χ1v) is 31.8. The van der Waals surface area contributed by atoms with Gasteiger partial charge in [0.2, 0.25) is 0 Å². The summed E-state index contributed by atoms with van der Waals surface area (Å²) < 4.78 is 22.8. The lowest BCUT2D eigenvalue weighted by Gasteiger charge is -2.26. The van der Waals surface area contributed by atoms with E-state index in [9.17, 15) is 19.5 Å². The number of nitrogens with zero attached hydrogens (tertiary/aromatic N) is 1. The Morgan fingerprint density at radius 2 is 0.760 bits per heavy atom. The summed E-state index contributed by atoms with van der Waals surface area (Å²) in [7, 11) is 5.93. The summed E-state index contributed by atoms with van der Waals surface area (Å²) in [6.07, 6.45) is 68.9. The van der Waals surface area contributed by atoms with E-state index in [2.05, 4.69) is 62.5 Å². The number of rotatable bonds is 59. The molecule has 438 valence electrons. The molecule has 0 aromatic rings. The van der Waals surface area contributed by atoms with Gasteiger partial charge >= 0.3 is 11.9 Å². The van der Waals surface area contributed by atoms with E-state index in [1.807, 2.05) is 21.1 Å². The van der Waals surface area contributed by atoms with Gasteiger partial charge in [0.05, 0.1) is 40.3 Å².